The largest absolute Gasteiger partial charge is 0.457 e. The molecule has 0 saturated carbocycles. The van der Waals surface area contributed by atoms with E-state index in [0.717, 1.165) is 38.4 Å². The van der Waals surface area contributed by atoms with Gasteiger partial charge in [0, 0.05) is 27.6 Å². The van der Waals surface area contributed by atoms with Crippen molar-refractivity contribution in [1.29, 1.82) is 10.5 Å². The number of ether oxygens (including phenoxy) is 1. The standard InChI is InChI=1S/C52H43N3OSi/c1-51(2,3)36-24-26-44-41(28-36)42-29-37(52(4,5)6)25-27-45(42)55(44)38-30-43(49-34(32-53)16-15-17-35(49)33-54)50-48(31-38)57(39-18-9-7-10-19-39,40-20-11-8-12-21-40)47-23-14-13-22-46(47)56-50/h7-31H,1-6H3. The summed E-state index contributed by atoms with van der Waals surface area (Å²) >= 11 is 0. The first-order valence-electron chi connectivity index (χ1n) is 19.5. The monoisotopic (exact) mass is 753 g/mol. The molecule has 1 aromatic heterocycles. The number of nitriles is 2. The third kappa shape index (κ3) is 5.61. The number of nitrogens with zero attached hydrogens (tertiary/aromatic N) is 3. The fourth-order valence-corrected chi connectivity index (χ4v) is 13.9. The Hall–Kier alpha value is -6.66. The lowest BCUT2D eigenvalue weighted by molar-refractivity contribution is 0.488. The molecule has 4 nitrogen and oxygen atoms in total. The molecular formula is C52H43N3OSi. The second-order valence-corrected chi connectivity index (χ2v) is 20.9. The van der Waals surface area contributed by atoms with Gasteiger partial charge in [-0.15, -0.1) is 0 Å². The lowest BCUT2D eigenvalue weighted by Gasteiger charge is -2.40. The molecule has 0 spiro atoms. The van der Waals surface area contributed by atoms with E-state index >= 15 is 0 Å². The predicted molar refractivity (Wildman–Crippen MR) is 237 cm³/mol. The maximum Gasteiger partial charge on any atom is 0.188 e. The van der Waals surface area contributed by atoms with E-state index in [2.05, 4.69) is 186 Å². The molecule has 0 fully saturated rings. The molecule has 0 N–H and O–H groups in total. The van der Waals surface area contributed by atoms with Gasteiger partial charge in [0.05, 0.1) is 34.3 Å². The number of hydrogen-bond donors (Lipinski definition) is 0. The van der Waals surface area contributed by atoms with E-state index in [-0.39, 0.29) is 10.8 Å². The van der Waals surface area contributed by atoms with Crippen LogP contribution >= 0.6 is 0 Å². The topological polar surface area (TPSA) is 61.7 Å². The van der Waals surface area contributed by atoms with Gasteiger partial charge in [-0.1, -0.05) is 139 Å². The van der Waals surface area contributed by atoms with Gasteiger partial charge in [-0.2, -0.15) is 10.5 Å². The Balaban J connectivity index is 1.50. The van der Waals surface area contributed by atoms with Gasteiger partial charge >= 0.3 is 0 Å². The number of rotatable bonds is 4. The van der Waals surface area contributed by atoms with Crippen molar-refractivity contribution in [2.45, 2.75) is 52.4 Å². The molecule has 0 radical (unpaired) electrons. The first-order chi connectivity index (χ1) is 27.4. The first-order valence-corrected chi connectivity index (χ1v) is 21.5. The van der Waals surface area contributed by atoms with Crippen LogP contribution in [0.4, 0.5) is 0 Å². The minimum Gasteiger partial charge on any atom is -0.457 e. The lowest BCUT2D eigenvalue weighted by Crippen LogP contribution is -2.76. The Morgan fingerprint density at radius 2 is 1.04 bits per heavy atom. The Labute approximate surface area is 335 Å². The molecule has 0 aliphatic carbocycles. The van der Waals surface area contributed by atoms with Gasteiger partial charge in [0.1, 0.15) is 11.5 Å². The fourth-order valence-electron chi connectivity index (χ4n) is 8.87. The van der Waals surface area contributed by atoms with Crippen LogP contribution in [0.15, 0.2) is 152 Å². The van der Waals surface area contributed by atoms with Crippen LogP contribution in [0.2, 0.25) is 0 Å². The SMILES string of the molecule is CC(C)(C)c1ccc2c(c1)c1cc(C(C)(C)C)ccc1n2-c1cc(-c2c(C#N)cccc2C#N)c2c(c1)[Si](c1ccccc1)(c1ccccc1)c1ccccc1O2. The van der Waals surface area contributed by atoms with Gasteiger partial charge in [0.25, 0.3) is 0 Å². The Kier molecular flexibility index (Phi) is 8.36. The molecule has 8 aromatic rings. The number of fused-ring (bicyclic) bond motifs is 5. The maximum absolute atomic E-state index is 10.6. The van der Waals surface area contributed by atoms with E-state index in [0.29, 0.717) is 22.4 Å². The van der Waals surface area contributed by atoms with Crippen LogP contribution in [0.25, 0.3) is 38.6 Å². The number of benzene rings is 7. The third-order valence-electron chi connectivity index (χ3n) is 11.7. The molecule has 0 amide bonds. The van der Waals surface area contributed by atoms with E-state index in [4.69, 9.17) is 4.74 Å². The summed E-state index contributed by atoms with van der Waals surface area (Å²) in [4.78, 5) is 0. The zero-order valence-corrected chi connectivity index (χ0v) is 34.2. The highest BCUT2D eigenvalue weighted by Crippen LogP contribution is 2.44. The predicted octanol–water partition coefficient (Wildman–Crippen LogP) is 10.3. The zero-order valence-electron chi connectivity index (χ0n) is 33.2. The summed E-state index contributed by atoms with van der Waals surface area (Å²) in [6, 6.07) is 58.6. The summed E-state index contributed by atoms with van der Waals surface area (Å²) in [7, 11) is -3.15. The van der Waals surface area contributed by atoms with Crippen LogP contribution in [0.1, 0.15) is 63.8 Å². The first kappa shape index (κ1) is 36.0. The molecule has 5 heteroatoms. The Morgan fingerprint density at radius 1 is 0.526 bits per heavy atom. The molecule has 276 valence electrons. The average Bonchev–Trinajstić information content (AvgIpc) is 3.55. The highest BCUT2D eigenvalue weighted by atomic mass is 28.3. The van der Waals surface area contributed by atoms with Crippen LogP contribution in [0.3, 0.4) is 0 Å². The number of para-hydroxylation sites is 1. The van der Waals surface area contributed by atoms with Crippen molar-refractivity contribution in [3.63, 3.8) is 0 Å². The highest BCUT2D eigenvalue weighted by molar-refractivity contribution is 7.20. The summed E-state index contributed by atoms with van der Waals surface area (Å²) in [6.07, 6.45) is 0. The fraction of sp³-hybridized carbons (Fsp3) is 0.154. The van der Waals surface area contributed by atoms with Crippen LogP contribution in [-0.2, 0) is 10.8 Å². The van der Waals surface area contributed by atoms with Crippen molar-refractivity contribution < 1.29 is 4.74 Å². The minimum absolute atomic E-state index is 0.0424. The van der Waals surface area contributed by atoms with Crippen molar-refractivity contribution in [3.05, 3.63) is 174 Å². The van der Waals surface area contributed by atoms with Gasteiger partial charge in [-0.3, -0.25) is 0 Å². The number of aromatic nitrogens is 1. The molecular weight excluding hydrogens is 711 g/mol. The molecule has 57 heavy (non-hydrogen) atoms. The van der Waals surface area contributed by atoms with Crippen molar-refractivity contribution >= 4 is 50.6 Å². The van der Waals surface area contributed by atoms with E-state index < -0.39 is 8.07 Å². The van der Waals surface area contributed by atoms with Gasteiger partial charge in [0.2, 0.25) is 0 Å². The van der Waals surface area contributed by atoms with Crippen LogP contribution in [0.5, 0.6) is 11.5 Å². The molecule has 0 unspecified atom stereocenters. The lowest BCUT2D eigenvalue weighted by atomic mass is 9.85. The van der Waals surface area contributed by atoms with E-state index in [1.54, 1.807) is 18.2 Å². The van der Waals surface area contributed by atoms with Crippen molar-refractivity contribution in [1.82, 2.24) is 4.57 Å². The third-order valence-corrected chi connectivity index (χ3v) is 16.5. The smallest absolute Gasteiger partial charge is 0.188 e. The van der Waals surface area contributed by atoms with Gasteiger partial charge < -0.3 is 9.30 Å². The molecule has 0 bridgehead atoms. The summed E-state index contributed by atoms with van der Waals surface area (Å²) in [5.41, 5.74) is 7.74. The molecule has 0 saturated heterocycles. The normalized spacial score (nSPS) is 13.3. The van der Waals surface area contributed by atoms with Gasteiger partial charge in [-0.25, -0.2) is 0 Å². The minimum atomic E-state index is -3.15. The molecule has 9 rings (SSSR count). The molecule has 1 aliphatic heterocycles. The van der Waals surface area contributed by atoms with E-state index in [1.807, 2.05) is 6.07 Å². The molecule has 7 aromatic carbocycles. The maximum atomic E-state index is 10.6. The van der Waals surface area contributed by atoms with Gasteiger partial charge in [0.15, 0.2) is 8.07 Å². The second kappa shape index (κ2) is 13.2. The quantitative estimate of drug-likeness (QED) is 0.168. The second-order valence-electron chi connectivity index (χ2n) is 17.2. The van der Waals surface area contributed by atoms with Crippen molar-refractivity contribution in [3.8, 4) is 40.5 Å². The Morgan fingerprint density at radius 3 is 1.54 bits per heavy atom. The van der Waals surface area contributed by atoms with Crippen LogP contribution < -0.4 is 25.5 Å². The van der Waals surface area contributed by atoms with E-state index in [1.165, 1.54) is 32.3 Å². The Bertz CT molecular complexity index is 2830. The van der Waals surface area contributed by atoms with Crippen molar-refractivity contribution in [2.24, 2.45) is 0 Å². The molecule has 0 atom stereocenters. The van der Waals surface area contributed by atoms with Crippen molar-refractivity contribution in [2.75, 3.05) is 0 Å². The van der Waals surface area contributed by atoms with Gasteiger partial charge in [-0.05, 0) is 97.3 Å². The van der Waals surface area contributed by atoms with Crippen LogP contribution in [-0.4, -0.2) is 12.6 Å². The summed E-state index contributed by atoms with van der Waals surface area (Å²) in [5.74, 6) is 1.47. The summed E-state index contributed by atoms with van der Waals surface area (Å²) < 4.78 is 9.50. The molecule has 1 aliphatic rings. The average molecular weight is 754 g/mol. The highest BCUT2D eigenvalue weighted by Gasteiger charge is 2.49. The molecule has 2 heterocycles. The number of hydrogen-bond acceptors (Lipinski definition) is 3. The van der Waals surface area contributed by atoms with Crippen LogP contribution in [0, 0.1) is 22.7 Å². The summed E-state index contributed by atoms with van der Waals surface area (Å²) in [6.45, 7) is 13.6. The zero-order chi connectivity index (χ0) is 39.7. The summed E-state index contributed by atoms with van der Waals surface area (Å²) in [5, 5.41) is 28.3. The van der Waals surface area contributed by atoms with E-state index in [9.17, 15) is 10.5 Å².